The number of carbonyl (C=O) groups is 2. The van der Waals surface area contributed by atoms with Gasteiger partial charge in [-0.05, 0) is 55.0 Å². The highest BCUT2D eigenvalue weighted by Crippen LogP contribution is 2.33. The maximum absolute atomic E-state index is 13.1. The summed E-state index contributed by atoms with van der Waals surface area (Å²) < 4.78 is 43.2. The SMILES string of the molecule is COCCCN1C(=O)C(CC(=O)Nc2ccc(F)cc2)SC1=Nc1ccc(SC(F)F)cc1. The summed E-state index contributed by atoms with van der Waals surface area (Å²) in [5.41, 5.74) is 0.946. The van der Waals surface area contributed by atoms with Crippen molar-refractivity contribution in [2.45, 2.75) is 28.7 Å². The lowest BCUT2D eigenvalue weighted by atomic mass is 10.2. The van der Waals surface area contributed by atoms with Gasteiger partial charge >= 0.3 is 0 Å². The summed E-state index contributed by atoms with van der Waals surface area (Å²) >= 11 is 1.62. The molecule has 0 radical (unpaired) electrons. The standard InChI is InChI=1S/C22H22F3N3O3S2/c1-31-12-2-11-28-20(30)18(13-19(29)26-15-5-3-14(23)4-6-15)33-22(28)27-16-7-9-17(10-8-16)32-21(24)25/h3-10,18,21H,2,11-13H2,1H3,(H,26,29). The smallest absolute Gasteiger partial charge is 0.288 e. The molecule has 3 rings (SSSR count). The number of amides is 2. The Hall–Kier alpha value is -2.50. The number of anilines is 1. The number of halogens is 3. The quantitative estimate of drug-likeness (QED) is 0.364. The van der Waals surface area contributed by atoms with E-state index in [1.807, 2.05) is 0 Å². The lowest BCUT2D eigenvalue weighted by molar-refractivity contribution is -0.128. The number of benzene rings is 2. The number of amidine groups is 1. The first-order valence-electron chi connectivity index (χ1n) is 10.0. The van der Waals surface area contributed by atoms with Crippen LogP contribution in [0.15, 0.2) is 58.4 Å². The Labute approximate surface area is 198 Å². The van der Waals surface area contributed by atoms with Crippen LogP contribution in [0, 0.1) is 5.82 Å². The fourth-order valence-electron chi connectivity index (χ4n) is 3.02. The zero-order chi connectivity index (χ0) is 23.8. The Balaban J connectivity index is 1.71. The minimum absolute atomic E-state index is 0.0787. The van der Waals surface area contributed by atoms with Crippen LogP contribution in [0.5, 0.6) is 0 Å². The molecule has 2 amide bonds. The first-order chi connectivity index (χ1) is 15.9. The zero-order valence-electron chi connectivity index (χ0n) is 17.7. The fraction of sp³-hybridized carbons (Fsp3) is 0.318. The summed E-state index contributed by atoms with van der Waals surface area (Å²) in [6, 6.07) is 11.6. The van der Waals surface area contributed by atoms with E-state index in [9.17, 15) is 22.8 Å². The first-order valence-corrected chi connectivity index (χ1v) is 11.8. The molecule has 0 aliphatic carbocycles. The third kappa shape index (κ3) is 7.51. The molecule has 0 spiro atoms. The van der Waals surface area contributed by atoms with Gasteiger partial charge < -0.3 is 10.1 Å². The number of hydrogen-bond acceptors (Lipinski definition) is 6. The van der Waals surface area contributed by atoms with Crippen molar-refractivity contribution in [2.24, 2.45) is 4.99 Å². The van der Waals surface area contributed by atoms with Crippen molar-refractivity contribution in [3.05, 3.63) is 54.3 Å². The molecule has 33 heavy (non-hydrogen) atoms. The van der Waals surface area contributed by atoms with E-state index < -0.39 is 16.8 Å². The normalized spacial score (nSPS) is 17.2. The van der Waals surface area contributed by atoms with Crippen molar-refractivity contribution in [1.82, 2.24) is 4.90 Å². The summed E-state index contributed by atoms with van der Waals surface area (Å²) in [6.07, 6.45) is 0.505. The number of hydrogen-bond donors (Lipinski definition) is 1. The van der Waals surface area contributed by atoms with Crippen LogP contribution in [0.1, 0.15) is 12.8 Å². The Morgan fingerprint density at radius 1 is 1.21 bits per heavy atom. The fourth-order valence-corrected chi connectivity index (χ4v) is 4.71. The summed E-state index contributed by atoms with van der Waals surface area (Å²) in [7, 11) is 1.57. The highest BCUT2D eigenvalue weighted by Gasteiger charge is 2.38. The van der Waals surface area contributed by atoms with Crippen LogP contribution in [-0.2, 0) is 14.3 Å². The second-order valence-electron chi connectivity index (χ2n) is 6.97. The second-order valence-corrected chi connectivity index (χ2v) is 9.20. The summed E-state index contributed by atoms with van der Waals surface area (Å²) in [5.74, 6) is -3.54. The van der Waals surface area contributed by atoms with Gasteiger partial charge in [-0.2, -0.15) is 8.78 Å². The lowest BCUT2D eigenvalue weighted by Crippen LogP contribution is -2.34. The summed E-state index contributed by atoms with van der Waals surface area (Å²) in [4.78, 5) is 31.9. The molecule has 2 aromatic rings. The van der Waals surface area contributed by atoms with Crippen molar-refractivity contribution in [3.8, 4) is 0 Å². The maximum Gasteiger partial charge on any atom is 0.288 e. The lowest BCUT2D eigenvalue weighted by Gasteiger charge is -2.16. The average molecular weight is 498 g/mol. The van der Waals surface area contributed by atoms with Crippen LogP contribution in [0.3, 0.4) is 0 Å². The molecular weight excluding hydrogens is 475 g/mol. The van der Waals surface area contributed by atoms with Gasteiger partial charge in [0.05, 0.1) is 5.69 Å². The molecule has 1 unspecified atom stereocenters. The molecule has 11 heteroatoms. The number of alkyl halides is 2. The van der Waals surface area contributed by atoms with E-state index >= 15 is 0 Å². The molecule has 1 heterocycles. The molecule has 0 saturated carbocycles. The number of aliphatic imine (C=N–C) groups is 1. The Bertz CT molecular complexity index is 989. The van der Waals surface area contributed by atoms with Crippen molar-refractivity contribution in [1.29, 1.82) is 0 Å². The Morgan fingerprint density at radius 2 is 1.91 bits per heavy atom. The van der Waals surface area contributed by atoms with E-state index in [0.717, 1.165) is 0 Å². The van der Waals surface area contributed by atoms with Gasteiger partial charge in [-0.15, -0.1) is 0 Å². The number of nitrogens with one attached hydrogen (secondary N) is 1. The van der Waals surface area contributed by atoms with E-state index in [-0.39, 0.29) is 18.2 Å². The van der Waals surface area contributed by atoms with E-state index in [2.05, 4.69) is 10.3 Å². The van der Waals surface area contributed by atoms with Crippen LogP contribution in [0.2, 0.25) is 0 Å². The van der Waals surface area contributed by atoms with Gasteiger partial charge in [0.25, 0.3) is 5.76 Å². The number of rotatable bonds is 10. The van der Waals surface area contributed by atoms with Gasteiger partial charge in [0.1, 0.15) is 11.1 Å². The average Bonchev–Trinajstić information content (AvgIpc) is 3.05. The summed E-state index contributed by atoms with van der Waals surface area (Å²) in [6.45, 7) is 0.824. The molecule has 1 fully saturated rings. The zero-order valence-corrected chi connectivity index (χ0v) is 19.3. The molecule has 0 bridgehead atoms. The number of thioether (sulfide) groups is 2. The van der Waals surface area contributed by atoms with E-state index in [1.165, 1.54) is 40.9 Å². The van der Waals surface area contributed by atoms with Gasteiger partial charge in [0.15, 0.2) is 5.17 Å². The maximum atomic E-state index is 13.1. The van der Waals surface area contributed by atoms with Gasteiger partial charge in [-0.25, -0.2) is 9.38 Å². The number of carbonyl (C=O) groups excluding carboxylic acids is 2. The van der Waals surface area contributed by atoms with Crippen LogP contribution < -0.4 is 5.32 Å². The Kier molecular flexibility index (Phi) is 9.21. The Morgan fingerprint density at radius 3 is 2.55 bits per heavy atom. The van der Waals surface area contributed by atoms with Crippen molar-refractivity contribution < 1.29 is 27.5 Å². The molecule has 1 N–H and O–H groups in total. The van der Waals surface area contributed by atoms with Gasteiger partial charge in [-0.3, -0.25) is 14.5 Å². The molecule has 0 aromatic heterocycles. The third-order valence-corrected chi connectivity index (χ3v) is 6.43. The minimum atomic E-state index is -2.51. The van der Waals surface area contributed by atoms with Crippen LogP contribution in [-0.4, -0.2) is 53.2 Å². The molecule has 6 nitrogen and oxygen atoms in total. The van der Waals surface area contributed by atoms with E-state index in [4.69, 9.17) is 4.74 Å². The van der Waals surface area contributed by atoms with Crippen LogP contribution in [0.25, 0.3) is 0 Å². The predicted molar refractivity (Wildman–Crippen MR) is 125 cm³/mol. The highest BCUT2D eigenvalue weighted by atomic mass is 32.2. The topological polar surface area (TPSA) is 71.0 Å². The molecule has 1 aliphatic heterocycles. The molecule has 176 valence electrons. The molecule has 1 saturated heterocycles. The summed E-state index contributed by atoms with van der Waals surface area (Å²) in [5, 5.41) is 2.43. The highest BCUT2D eigenvalue weighted by molar-refractivity contribution is 8.15. The van der Waals surface area contributed by atoms with Gasteiger partial charge in [0, 0.05) is 37.3 Å². The van der Waals surface area contributed by atoms with Crippen molar-refractivity contribution in [2.75, 3.05) is 25.6 Å². The monoisotopic (exact) mass is 497 g/mol. The largest absolute Gasteiger partial charge is 0.385 e. The van der Waals surface area contributed by atoms with Crippen molar-refractivity contribution in [3.63, 3.8) is 0 Å². The molecular formula is C22H22F3N3O3S2. The van der Waals surface area contributed by atoms with Crippen molar-refractivity contribution >= 4 is 51.9 Å². The third-order valence-electron chi connectivity index (χ3n) is 4.54. The molecule has 2 aromatic carbocycles. The number of ether oxygens (including phenoxy) is 1. The van der Waals surface area contributed by atoms with E-state index in [1.54, 1.807) is 31.4 Å². The van der Waals surface area contributed by atoms with E-state index in [0.29, 0.717) is 52.8 Å². The van der Waals surface area contributed by atoms with Gasteiger partial charge in [0.2, 0.25) is 11.8 Å². The number of methoxy groups -OCH3 is 1. The minimum Gasteiger partial charge on any atom is -0.385 e. The predicted octanol–water partition coefficient (Wildman–Crippen LogP) is 5.14. The molecule has 1 atom stereocenters. The molecule has 1 aliphatic rings. The first kappa shape index (κ1) is 25.1. The second kappa shape index (κ2) is 12.1. The number of nitrogens with zero attached hydrogens (tertiary/aromatic N) is 2. The van der Waals surface area contributed by atoms with Crippen LogP contribution >= 0.6 is 23.5 Å². The van der Waals surface area contributed by atoms with Crippen LogP contribution in [0.4, 0.5) is 24.5 Å². The van der Waals surface area contributed by atoms with Gasteiger partial charge in [-0.1, -0.05) is 23.5 Å².